The molecule has 0 spiro atoms. The lowest BCUT2D eigenvalue weighted by Crippen LogP contribution is -2.32. The van der Waals surface area contributed by atoms with Crippen LogP contribution in [0.4, 0.5) is 5.69 Å². The van der Waals surface area contributed by atoms with Crippen LogP contribution in [0.1, 0.15) is 22.3 Å². The van der Waals surface area contributed by atoms with Gasteiger partial charge >= 0.3 is 0 Å². The molecule has 1 heterocycles. The van der Waals surface area contributed by atoms with Crippen molar-refractivity contribution >= 4 is 23.1 Å². The second-order valence-corrected chi connectivity index (χ2v) is 7.60. The summed E-state index contributed by atoms with van der Waals surface area (Å²) >= 11 is 0. The van der Waals surface area contributed by atoms with Gasteiger partial charge in [-0.2, -0.15) is 0 Å². The first kappa shape index (κ1) is 20.4. The molecule has 156 valence electrons. The van der Waals surface area contributed by atoms with Gasteiger partial charge in [-0.25, -0.2) is 0 Å². The molecule has 31 heavy (non-hydrogen) atoms. The highest BCUT2D eigenvalue weighted by atomic mass is 16.5. The maximum Gasteiger partial charge on any atom is 0.278 e. The van der Waals surface area contributed by atoms with Crippen LogP contribution in [0.5, 0.6) is 5.75 Å². The van der Waals surface area contributed by atoms with E-state index in [1.54, 1.807) is 7.11 Å². The number of aryl methyl sites for hydroxylation is 2. The average Bonchev–Trinajstić information content (AvgIpc) is 3.01. The van der Waals surface area contributed by atoms with E-state index in [-0.39, 0.29) is 18.4 Å². The van der Waals surface area contributed by atoms with E-state index in [1.165, 1.54) is 4.90 Å². The van der Waals surface area contributed by atoms with Gasteiger partial charge in [-0.15, -0.1) is 0 Å². The molecule has 0 saturated heterocycles. The van der Waals surface area contributed by atoms with Crippen LogP contribution in [-0.4, -0.2) is 23.8 Å². The van der Waals surface area contributed by atoms with E-state index >= 15 is 0 Å². The molecule has 1 N–H and O–H groups in total. The zero-order chi connectivity index (χ0) is 22.0. The van der Waals surface area contributed by atoms with Crippen LogP contribution in [0.25, 0.3) is 5.57 Å². The molecule has 0 radical (unpaired) electrons. The summed E-state index contributed by atoms with van der Waals surface area (Å²) in [6, 6.07) is 22.7. The number of imide groups is 1. The monoisotopic (exact) mass is 412 g/mol. The Hall–Kier alpha value is -3.86. The van der Waals surface area contributed by atoms with E-state index in [9.17, 15) is 9.59 Å². The van der Waals surface area contributed by atoms with Crippen LogP contribution in [0.3, 0.4) is 0 Å². The fourth-order valence-corrected chi connectivity index (χ4v) is 3.58. The van der Waals surface area contributed by atoms with Crippen molar-refractivity contribution in [3.8, 4) is 5.75 Å². The minimum absolute atomic E-state index is 0.190. The first-order valence-corrected chi connectivity index (χ1v) is 10.1. The van der Waals surface area contributed by atoms with Crippen molar-refractivity contribution in [1.82, 2.24) is 4.90 Å². The molecule has 1 aliphatic heterocycles. The van der Waals surface area contributed by atoms with Crippen LogP contribution < -0.4 is 10.1 Å². The van der Waals surface area contributed by atoms with Crippen LogP contribution in [0.15, 0.2) is 78.5 Å². The molecular formula is C26H24N2O3. The Balaban J connectivity index is 1.72. The van der Waals surface area contributed by atoms with E-state index in [1.807, 2.05) is 86.6 Å². The molecule has 0 unspecified atom stereocenters. The van der Waals surface area contributed by atoms with Gasteiger partial charge in [0.2, 0.25) is 0 Å². The number of ether oxygens (including phenoxy) is 1. The summed E-state index contributed by atoms with van der Waals surface area (Å²) in [6.07, 6.45) is 0. The standard InChI is InChI=1S/C26H24N2O3/c1-17-8-12-20(13-9-17)23-24(27-22-7-5-4-6-18(22)2)26(30)28(25(23)29)16-19-10-14-21(31-3)15-11-19/h4-15,27H,16H2,1-3H3. The topological polar surface area (TPSA) is 58.6 Å². The van der Waals surface area contributed by atoms with Crippen molar-refractivity contribution in [1.29, 1.82) is 0 Å². The Bertz CT molecular complexity index is 1160. The summed E-state index contributed by atoms with van der Waals surface area (Å²) in [6.45, 7) is 4.14. The number of nitrogens with zero attached hydrogens (tertiary/aromatic N) is 1. The number of para-hydroxylation sites is 1. The van der Waals surface area contributed by atoms with Gasteiger partial charge in [-0.05, 0) is 48.7 Å². The molecule has 0 aromatic heterocycles. The Morgan fingerprint density at radius 3 is 2.16 bits per heavy atom. The number of benzene rings is 3. The summed E-state index contributed by atoms with van der Waals surface area (Å²) < 4.78 is 5.19. The zero-order valence-electron chi connectivity index (χ0n) is 17.8. The molecule has 3 aromatic carbocycles. The second kappa shape index (κ2) is 8.48. The second-order valence-electron chi connectivity index (χ2n) is 7.60. The molecule has 5 heteroatoms. The summed E-state index contributed by atoms with van der Waals surface area (Å²) in [5.74, 6) is 0.0867. The van der Waals surface area contributed by atoms with Crippen molar-refractivity contribution in [2.75, 3.05) is 12.4 Å². The highest BCUT2D eigenvalue weighted by molar-refractivity contribution is 6.36. The minimum Gasteiger partial charge on any atom is -0.497 e. The SMILES string of the molecule is COc1ccc(CN2C(=O)C(Nc3ccccc3C)=C(c3ccc(C)cc3)C2=O)cc1. The molecule has 0 saturated carbocycles. The molecule has 0 bridgehead atoms. The fourth-order valence-electron chi connectivity index (χ4n) is 3.58. The van der Waals surface area contributed by atoms with Crippen LogP contribution >= 0.6 is 0 Å². The lowest BCUT2D eigenvalue weighted by Gasteiger charge is -2.16. The lowest BCUT2D eigenvalue weighted by atomic mass is 10.0. The number of hydrogen-bond acceptors (Lipinski definition) is 4. The van der Waals surface area contributed by atoms with Gasteiger partial charge in [0.15, 0.2) is 0 Å². The van der Waals surface area contributed by atoms with E-state index in [4.69, 9.17) is 4.74 Å². The molecule has 2 amide bonds. The predicted molar refractivity (Wildman–Crippen MR) is 121 cm³/mol. The van der Waals surface area contributed by atoms with Gasteiger partial charge in [0.05, 0.1) is 19.2 Å². The molecule has 1 aliphatic rings. The minimum atomic E-state index is -0.334. The fraction of sp³-hybridized carbons (Fsp3) is 0.154. The smallest absolute Gasteiger partial charge is 0.278 e. The molecule has 0 fully saturated rings. The van der Waals surface area contributed by atoms with Crippen molar-refractivity contribution in [3.63, 3.8) is 0 Å². The van der Waals surface area contributed by atoms with Crippen LogP contribution in [0, 0.1) is 13.8 Å². The maximum absolute atomic E-state index is 13.4. The van der Waals surface area contributed by atoms with Gasteiger partial charge in [0.25, 0.3) is 11.8 Å². The van der Waals surface area contributed by atoms with E-state index in [2.05, 4.69) is 5.32 Å². The number of amides is 2. The highest BCUT2D eigenvalue weighted by Gasteiger charge is 2.39. The quantitative estimate of drug-likeness (QED) is 0.596. The van der Waals surface area contributed by atoms with Crippen molar-refractivity contribution < 1.29 is 14.3 Å². The Morgan fingerprint density at radius 1 is 0.839 bits per heavy atom. The third-order valence-electron chi connectivity index (χ3n) is 5.41. The van der Waals surface area contributed by atoms with Crippen molar-refractivity contribution in [3.05, 3.63) is 101 Å². The van der Waals surface area contributed by atoms with E-state index < -0.39 is 0 Å². The summed E-state index contributed by atoms with van der Waals surface area (Å²) in [7, 11) is 1.60. The Kier molecular flexibility index (Phi) is 5.58. The van der Waals surface area contributed by atoms with Crippen LogP contribution in [0.2, 0.25) is 0 Å². The Labute approximate surface area is 182 Å². The maximum atomic E-state index is 13.4. The largest absolute Gasteiger partial charge is 0.497 e. The van der Waals surface area contributed by atoms with Gasteiger partial charge in [-0.3, -0.25) is 14.5 Å². The lowest BCUT2D eigenvalue weighted by molar-refractivity contribution is -0.137. The van der Waals surface area contributed by atoms with E-state index in [0.29, 0.717) is 11.3 Å². The number of hydrogen-bond donors (Lipinski definition) is 1. The molecule has 0 atom stereocenters. The number of anilines is 1. The van der Waals surface area contributed by atoms with Gasteiger partial charge in [0, 0.05) is 5.69 Å². The molecular weight excluding hydrogens is 388 g/mol. The number of methoxy groups -OCH3 is 1. The van der Waals surface area contributed by atoms with Crippen molar-refractivity contribution in [2.45, 2.75) is 20.4 Å². The number of carbonyl (C=O) groups excluding carboxylic acids is 2. The number of carbonyl (C=O) groups is 2. The Morgan fingerprint density at radius 2 is 1.52 bits per heavy atom. The van der Waals surface area contributed by atoms with Gasteiger partial charge < -0.3 is 10.1 Å². The molecule has 5 nitrogen and oxygen atoms in total. The molecule has 0 aliphatic carbocycles. The van der Waals surface area contributed by atoms with Crippen molar-refractivity contribution in [2.24, 2.45) is 0 Å². The number of rotatable bonds is 6. The normalized spacial score (nSPS) is 13.7. The highest BCUT2D eigenvalue weighted by Crippen LogP contribution is 2.32. The summed E-state index contributed by atoms with van der Waals surface area (Å²) in [5, 5.41) is 3.23. The van der Waals surface area contributed by atoms with Crippen LogP contribution in [-0.2, 0) is 16.1 Å². The third-order valence-corrected chi connectivity index (χ3v) is 5.41. The summed E-state index contributed by atoms with van der Waals surface area (Å²) in [5.41, 5.74) is 5.14. The molecule has 4 rings (SSSR count). The van der Waals surface area contributed by atoms with E-state index in [0.717, 1.165) is 33.7 Å². The number of nitrogens with one attached hydrogen (secondary N) is 1. The molecule has 3 aromatic rings. The van der Waals surface area contributed by atoms with Gasteiger partial charge in [-0.1, -0.05) is 60.2 Å². The first-order chi connectivity index (χ1) is 15.0. The average molecular weight is 412 g/mol. The summed E-state index contributed by atoms with van der Waals surface area (Å²) in [4.78, 5) is 28.1. The predicted octanol–water partition coefficient (Wildman–Crippen LogP) is 4.70. The van der Waals surface area contributed by atoms with Gasteiger partial charge in [0.1, 0.15) is 11.4 Å². The zero-order valence-corrected chi connectivity index (χ0v) is 17.8. The third kappa shape index (κ3) is 4.08. The first-order valence-electron chi connectivity index (χ1n) is 10.1.